The minimum atomic E-state index is -1.15. The molecule has 1 aliphatic carbocycles. The van der Waals surface area contributed by atoms with Crippen molar-refractivity contribution >= 4 is 17.5 Å². The van der Waals surface area contributed by atoms with Crippen LogP contribution in [0.4, 0.5) is 0 Å². The van der Waals surface area contributed by atoms with Gasteiger partial charge in [0.05, 0.1) is 12.3 Å². The molecule has 0 bridgehead atoms. The molecule has 0 aromatic carbocycles. The van der Waals surface area contributed by atoms with Crippen LogP contribution in [0.25, 0.3) is 0 Å². The van der Waals surface area contributed by atoms with Crippen molar-refractivity contribution in [3.05, 3.63) is 29.6 Å². The summed E-state index contributed by atoms with van der Waals surface area (Å²) < 4.78 is 4.91. The summed E-state index contributed by atoms with van der Waals surface area (Å²) in [5, 5.41) is 8.16. The molecule has 1 atom stereocenters. The standard InChI is InChI=1S/C14H16N2O3/c1-4-19-13(18)9-10(17)8-6-5-7-16-12(8)14(2,3)11(9)15/h5-7,9,15H,4H2,1-3H3. The Kier molecular flexibility index (Phi) is 3.22. The lowest BCUT2D eigenvalue weighted by Gasteiger charge is -2.35. The van der Waals surface area contributed by atoms with Crippen molar-refractivity contribution < 1.29 is 14.3 Å². The number of hydrogen-bond acceptors (Lipinski definition) is 5. The summed E-state index contributed by atoms with van der Waals surface area (Å²) in [5.41, 5.74) is 0.247. The first kappa shape index (κ1) is 13.4. The third kappa shape index (κ3) is 1.95. The molecule has 1 heterocycles. The summed E-state index contributed by atoms with van der Waals surface area (Å²) in [5.74, 6) is -2.20. The van der Waals surface area contributed by atoms with E-state index in [9.17, 15) is 9.59 Å². The van der Waals surface area contributed by atoms with Crippen LogP contribution in [0.2, 0.25) is 0 Å². The normalized spacial score (nSPS) is 20.9. The highest BCUT2D eigenvalue weighted by molar-refractivity contribution is 6.28. The Bertz CT molecular complexity index is 564. The molecule has 0 fully saturated rings. The summed E-state index contributed by atoms with van der Waals surface area (Å²) in [7, 11) is 0. The fraction of sp³-hybridized carbons (Fsp3) is 0.429. The van der Waals surface area contributed by atoms with Crippen LogP contribution in [-0.2, 0) is 14.9 Å². The third-order valence-corrected chi connectivity index (χ3v) is 3.41. The summed E-state index contributed by atoms with van der Waals surface area (Å²) >= 11 is 0. The van der Waals surface area contributed by atoms with E-state index in [1.165, 1.54) is 0 Å². The molecule has 1 aromatic heterocycles. The van der Waals surface area contributed by atoms with Gasteiger partial charge < -0.3 is 10.1 Å². The van der Waals surface area contributed by atoms with E-state index in [1.807, 2.05) is 0 Å². The molecule has 100 valence electrons. The van der Waals surface area contributed by atoms with E-state index in [2.05, 4.69) is 4.98 Å². The van der Waals surface area contributed by atoms with Crippen molar-refractivity contribution in [1.29, 1.82) is 5.41 Å². The molecule has 5 nitrogen and oxygen atoms in total. The van der Waals surface area contributed by atoms with Gasteiger partial charge in [-0.2, -0.15) is 0 Å². The maximum absolute atomic E-state index is 12.3. The number of hydrogen-bond donors (Lipinski definition) is 1. The predicted molar refractivity (Wildman–Crippen MR) is 69.4 cm³/mol. The molecule has 0 saturated heterocycles. The van der Waals surface area contributed by atoms with Gasteiger partial charge >= 0.3 is 5.97 Å². The molecule has 2 rings (SSSR count). The molecular weight excluding hydrogens is 244 g/mol. The van der Waals surface area contributed by atoms with Crippen molar-refractivity contribution in [2.75, 3.05) is 6.61 Å². The van der Waals surface area contributed by atoms with Crippen molar-refractivity contribution in [3.63, 3.8) is 0 Å². The highest BCUT2D eigenvalue weighted by Crippen LogP contribution is 2.36. The quantitative estimate of drug-likeness (QED) is 0.649. The first-order valence-electron chi connectivity index (χ1n) is 6.16. The first-order valence-corrected chi connectivity index (χ1v) is 6.16. The average Bonchev–Trinajstić information content (AvgIpc) is 2.37. The van der Waals surface area contributed by atoms with E-state index in [4.69, 9.17) is 10.1 Å². The fourth-order valence-electron chi connectivity index (χ4n) is 2.33. The molecule has 1 aromatic rings. The van der Waals surface area contributed by atoms with Gasteiger partial charge in [-0.3, -0.25) is 14.6 Å². The molecular formula is C14H16N2O3. The van der Waals surface area contributed by atoms with Gasteiger partial charge in [-0.05, 0) is 32.9 Å². The van der Waals surface area contributed by atoms with Crippen LogP contribution < -0.4 is 0 Å². The van der Waals surface area contributed by atoms with Crippen LogP contribution in [0.1, 0.15) is 36.8 Å². The van der Waals surface area contributed by atoms with E-state index < -0.39 is 23.1 Å². The van der Waals surface area contributed by atoms with E-state index in [-0.39, 0.29) is 12.3 Å². The van der Waals surface area contributed by atoms with Crippen LogP contribution in [0.5, 0.6) is 0 Å². The van der Waals surface area contributed by atoms with Gasteiger partial charge in [0, 0.05) is 22.9 Å². The number of Topliss-reactive ketones (excluding diaryl/α,β-unsaturated/α-hetero) is 1. The highest BCUT2D eigenvalue weighted by Gasteiger charge is 2.48. The Morgan fingerprint density at radius 1 is 1.53 bits per heavy atom. The smallest absolute Gasteiger partial charge is 0.322 e. The second-order valence-electron chi connectivity index (χ2n) is 4.99. The van der Waals surface area contributed by atoms with E-state index in [0.29, 0.717) is 11.3 Å². The van der Waals surface area contributed by atoms with Crippen LogP contribution in [0.15, 0.2) is 18.3 Å². The van der Waals surface area contributed by atoms with Crippen molar-refractivity contribution in [2.24, 2.45) is 5.92 Å². The zero-order chi connectivity index (χ0) is 14.2. The zero-order valence-corrected chi connectivity index (χ0v) is 11.2. The molecule has 19 heavy (non-hydrogen) atoms. The second kappa shape index (κ2) is 4.57. The summed E-state index contributed by atoms with van der Waals surface area (Å²) in [6, 6.07) is 3.30. The second-order valence-corrected chi connectivity index (χ2v) is 4.99. The van der Waals surface area contributed by atoms with Crippen LogP contribution in [-0.4, -0.2) is 29.1 Å². The molecule has 1 unspecified atom stereocenters. The number of nitrogens with zero attached hydrogens (tertiary/aromatic N) is 1. The number of ketones is 1. The molecule has 0 aliphatic heterocycles. The molecule has 1 N–H and O–H groups in total. The number of ether oxygens (including phenoxy) is 1. The SMILES string of the molecule is CCOC(=O)C1C(=N)C(C)(C)c2ncccc2C1=O. The maximum atomic E-state index is 12.3. The Morgan fingerprint density at radius 2 is 2.21 bits per heavy atom. The van der Waals surface area contributed by atoms with Gasteiger partial charge in [-0.25, -0.2) is 0 Å². The lowest BCUT2D eigenvalue weighted by Crippen LogP contribution is -2.48. The summed E-state index contributed by atoms with van der Waals surface area (Å²) in [4.78, 5) is 28.5. The Balaban J connectivity index is 2.56. The largest absolute Gasteiger partial charge is 0.465 e. The summed E-state index contributed by atoms with van der Waals surface area (Å²) in [6.07, 6.45) is 1.59. The Labute approximate surface area is 111 Å². The molecule has 0 amide bonds. The van der Waals surface area contributed by atoms with Crippen LogP contribution in [0, 0.1) is 11.3 Å². The average molecular weight is 260 g/mol. The van der Waals surface area contributed by atoms with Gasteiger partial charge in [0.25, 0.3) is 0 Å². The van der Waals surface area contributed by atoms with E-state index in [0.717, 1.165) is 0 Å². The molecule has 0 saturated carbocycles. The summed E-state index contributed by atoms with van der Waals surface area (Å²) in [6.45, 7) is 5.45. The molecule has 0 radical (unpaired) electrons. The molecule has 5 heteroatoms. The zero-order valence-electron chi connectivity index (χ0n) is 11.2. The number of fused-ring (bicyclic) bond motifs is 1. The number of rotatable bonds is 2. The van der Waals surface area contributed by atoms with Crippen molar-refractivity contribution in [1.82, 2.24) is 4.98 Å². The Hall–Kier alpha value is -2.04. The molecule has 1 aliphatic rings. The van der Waals surface area contributed by atoms with E-state index >= 15 is 0 Å². The number of carbonyl (C=O) groups is 2. The molecule has 0 spiro atoms. The number of esters is 1. The van der Waals surface area contributed by atoms with Gasteiger partial charge in [-0.15, -0.1) is 0 Å². The predicted octanol–water partition coefficient (Wildman–Crippen LogP) is 1.75. The lowest BCUT2D eigenvalue weighted by molar-refractivity contribution is -0.144. The topological polar surface area (TPSA) is 80.1 Å². The first-order chi connectivity index (χ1) is 8.91. The van der Waals surface area contributed by atoms with Gasteiger partial charge in [0.1, 0.15) is 0 Å². The van der Waals surface area contributed by atoms with Crippen molar-refractivity contribution in [2.45, 2.75) is 26.2 Å². The third-order valence-electron chi connectivity index (χ3n) is 3.41. The van der Waals surface area contributed by atoms with Gasteiger partial charge in [0.2, 0.25) is 0 Å². The number of carbonyl (C=O) groups excluding carboxylic acids is 2. The lowest BCUT2D eigenvalue weighted by atomic mass is 9.68. The fourth-order valence-corrected chi connectivity index (χ4v) is 2.33. The minimum Gasteiger partial charge on any atom is -0.465 e. The number of pyridine rings is 1. The van der Waals surface area contributed by atoms with Gasteiger partial charge in [0.15, 0.2) is 11.7 Å². The number of nitrogens with one attached hydrogen (secondary N) is 1. The van der Waals surface area contributed by atoms with Crippen LogP contribution >= 0.6 is 0 Å². The highest BCUT2D eigenvalue weighted by atomic mass is 16.5. The maximum Gasteiger partial charge on any atom is 0.322 e. The number of aromatic nitrogens is 1. The van der Waals surface area contributed by atoms with E-state index in [1.54, 1.807) is 39.1 Å². The Morgan fingerprint density at radius 3 is 2.84 bits per heavy atom. The van der Waals surface area contributed by atoms with Crippen LogP contribution in [0.3, 0.4) is 0 Å². The van der Waals surface area contributed by atoms with Crippen molar-refractivity contribution in [3.8, 4) is 0 Å². The monoisotopic (exact) mass is 260 g/mol. The minimum absolute atomic E-state index is 0.0437. The van der Waals surface area contributed by atoms with Gasteiger partial charge in [-0.1, -0.05) is 0 Å².